The van der Waals surface area contributed by atoms with Gasteiger partial charge in [-0.25, -0.2) is 8.42 Å². The lowest BCUT2D eigenvalue weighted by Crippen LogP contribution is -2.51. The summed E-state index contributed by atoms with van der Waals surface area (Å²) in [6.07, 6.45) is 3.37. The van der Waals surface area contributed by atoms with Crippen molar-refractivity contribution in [1.82, 2.24) is 9.80 Å². The zero-order chi connectivity index (χ0) is 22.7. The molecule has 2 aromatic rings. The Kier molecular flexibility index (Phi) is 6.48. The number of carbonyl (C=O) groups excluding carboxylic acids is 2. The second-order valence-electron chi connectivity index (χ2n) is 8.32. The Morgan fingerprint density at radius 3 is 2.19 bits per heavy atom. The molecule has 4 rings (SSSR count). The highest BCUT2D eigenvalue weighted by Crippen LogP contribution is 2.26. The number of amides is 2. The van der Waals surface area contributed by atoms with Crippen LogP contribution >= 0.6 is 0 Å². The molecule has 2 fully saturated rings. The molecule has 32 heavy (non-hydrogen) atoms. The maximum atomic E-state index is 12.9. The van der Waals surface area contributed by atoms with Gasteiger partial charge < -0.3 is 10.6 Å². The van der Waals surface area contributed by atoms with Crippen molar-refractivity contribution in [2.45, 2.75) is 42.7 Å². The summed E-state index contributed by atoms with van der Waals surface area (Å²) in [6, 6.07) is 14.7. The van der Waals surface area contributed by atoms with Crippen LogP contribution in [0, 0.1) is 0 Å². The van der Waals surface area contributed by atoms with E-state index in [-0.39, 0.29) is 28.8 Å². The van der Waals surface area contributed by atoms with E-state index in [0.717, 1.165) is 32.2 Å². The van der Waals surface area contributed by atoms with E-state index in [0.29, 0.717) is 24.3 Å². The number of carbonyl (C=O) groups is 2. The summed E-state index contributed by atoms with van der Waals surface area (Å²) in [5.74, 6) is -0.380. The molecule has 2 saturated heterocycles. The summed E-state index contributed by atoms with van der Waals surface area (Å²) in [5.41, 5.74) is 6.48. The number of piperidine rings is 1. The van der Waals surface area contributed by atoms with Crippen LogP contribution in [0.15, 0.2) is 59.5 Å². The normalized spacial score (nSPS) is 20.2. The van der Waals surface area contributed by atoms with E-state index in [1.54, 1.807) is 41.3 Å². The smallest absolute Gasteiger partial charge is 0.261 e. The van der Waals surface area contributed by atoms with Gasteiger partial charge in [0.2, 0.25) is 5.91 Å². The number of hydrogen-bond acceptors (Lipinski definition) is 5. The SMILES string of the molecule is NC(=O)C1CCCN1C1CCN(C(=O)c2ccc(S(=O)(=O)Nc3ccccc3)cc2)CC1. The molecule has 2 heterocycles. The van der Waals surface area contributed by atoms with Gasteiger partial charge in [-0.05, 0) is 68.6 Å². The van der Waals surface area contributed by atoms with Crippen LogP contribution in [0.4, 0.5) is 5.69 Å². The second kappa shape index (κ2) is 9.30. The topological polar surface area (TPSA) is 113 Å². The first-order valence-electron chi connectivity index (χ1n) is 10.9. The molecule has 0 spiro atoms. The molecule has 9 heteroatoms. The van der Waals surface area contributed by atoms with Gasteiger partial charge in [-0.2, -0.15) is 0 Å². The van der Waals surface area contributed by atoms with Crippen LogP contribution in [0.2, 0.25) is 0 Å². The third kappa shape index (κ3) is 4.78. The van der Waals surface area contributed by atoms with Crippen molar-refractivity contribution in [3.63, 3.8) is 0 Å². The summed E-state index contributed by atoms with van der Waals surface area (Å²) in [4.78, 5) is 28.7. The van der Waals surface area contributed by atoms with E-state index >= 15 is 0 Å². The molecular weight excluding hydrogens is 428 g/mol. The molecule has 0 radical (unpaired) electrons. The van der Waals surface area contributed by atoms with Crippen LogP contribution in [0.5, 0.6) is 0 Å². The van der Waals surface area contributed by atoms with Crippen molar-refractivity contribution >= 4 is 27.5 Å². The number of anilines is 1. The predicted octanol–water partition coefficient (Wildman–Crippen LogP) is 2.04. The Balaban J connectivity index is 1.37. The summed E-state index contributed by atoms with van der Waals surface area (Å²) in [6.45, 7) is 2.07. The standard InChI is InChI=1S/C23H28N4O4S/c24-22(28)21-7-4-14-27(21)19-12-15-26(16-13-19)23(29)17-8-10-20(11-9-17)32(30,31)25-18-5-2-1-3-6-18/h1-3,5-6,8-11,19,21,25H,4,7,12-16H2,(H2,24,28). The Labute approximate surface area is 188 Å². The van der Waals surface area contributed by atoms with Crippen LogP contribution in [-0.2, 0) is 14.8 Å². The van der Waals surface area contributed by atoms with E-state index < -0.39 is 10.0 Å². The molecule has 8 nitrogen and oxygen atoms in total. The minimum absolute atomic E-state index is 0.100. The zero-order valence-corrected chi connectivity index (χ0v) is 18.6. The lowest BCUT2D eigenvalue weighted by molar-refractivity contribution is -0.123. The number of rotatable bonds is 6. The molecule has 2 aliphatic rings. The van der Waals surface area contributed by atoms with Gasteiger partial charge in [-0.15, -0.1) is 0 Å². The maximum Gasteiger partial charge on any atom is 0.261 e. The first kappa shape index (κ1) is 22.3. The predicted molar refractivity (Wildman–Crippen MR) is 122 cm³/mol. The lowest BCUT2D eigenvalue weighted by Gasteiger charge is -2.38. The molecule has 3 N–H and O–H groups in total. The Bertz CT molecular complexity index is 1060. The highest BCUT2D eigenvalue weighted by molar-refractivity contribution is 7.92. The Morgan fingerprint density at radius 2 is 1.56 bits per heavy atom. The van der Waals surface area contributed by atoms with Gasteiger partial charge in [0.05, 0.1) is 10.9 Å². The van der Waals surface area contributed by atoms with Crippen LogP contribution in [-0.4, -0.2) is 61.7 Å². The number of sulfonamides is 1. The van der Waals surface area contributed by atoms with E-state index in [1.165, 1.54) is 12.1 Å². The molecule has 0 bridgehead atoms. The highest BCUT2D eigenvalue weighted by Gasteiger charge is 2.36. The molecule has 0 saturated carbocycles. The van der Waals surface area contributed by atoms with Gasteiger partial charge in [0.15, 0.2) is 0 Å². The van der Waals surface area contributed by atoms with Crippen LogP contribution in [0.25, 0.3) is 0 Å². The molecular formula is C23H28N4O4S. The number of hydrogen-bond donors (Lipinski definition) is 2. The average Bonchev–Trinajstić information content (AvgIpc) is 3.30. The Hall–Kier alpha value is -2.91. The van der Waals surface area contributed by atoms with E-state index in [4.69, 9.17) is 5.73 Å². The number of likely N-dealkylation sites (tertiary alicyclic amines) is 2. The van der Waals surface area contributed by atoms with Gasteiger partial charge >= 0.3 is 0 Å². The Morgan fingerprint density at radius 1 is 0.906 bits per heavy atom. The molecule has 1 unspecified atom stereocenters. The van der Waals surface area contributed by atoms with Gasteiger partial charge in [-0.3, -0.25) is 19.2 Å². The highest BCUT2D eigenvalue weighted by atomic mass is 32.2. The largest absolute Gasteiger partial charge is 0.368 e. The second-order valence-corrected chi connectivity index (χ2v) is 10.00. The summed E-state index contributed by atoms with van der Waals surface area (Å²) in [5, 5.41) is 0. The summed E-state index contributed by atoms with van der Waals surface area (Å²) in [7, 11) is -3.73. The van der Waals surface area contributed by atoms with E-state index in [1.807, 2.05) is 6.07 Å². The van der Waals surface area contributed by atoms with Gasteiger partial charge in [0, 0.05) is 30.4 Å². The van der Waals surface area contributed by atoms with Crippen molar-refractivity contribution in [3.05, 3.63) is 60.2 Å². The summed E-state index contributed by atoms with van der Waals surface area (Å²) < 4.78 is 27.7. The molecule has 0 aromatic heterocycles. The number of para-hydroxylation sites is 1. The fraction of sp³-hybridized carbons (Fsp3) is 0.391. The van der Waals surface area contributed by atoms with E-state index in [9.17, 15) is 18.0 Å². The number of nitrogens with zero attached hydrogens (tertiary/aromatic N) is 2. The third-order valence-corrected chi connectivity index (χ3v) is 7.68. The van der Waals surface area contributed by atoms with Crippen LogP contribution in [0.1, 0.15) is 36.0 Å². The lowest BCUT2D eigenvalue weighted by atomic mass is 10.0. The number of nitrogens with two attached hydrogens (primary N) is 1. The first-order chi connectivity index (χ1) is 15.3. The number of nitrogens with one attached hydrogen (secondary N) is 1. The van der Waals surface area contributed by atoms with Crippen molar-refractivity contribution in [2.24, 2.45) is 5.73 Å². The molecule has 0 aliphatic carbocycles. The maximum absolute atomic E-state index is 12.9. The third-order valence-electron chi connectivity index (χ3n) is 6.28. The zero-order valence-electron chi connectivity index (χ0n) is 17.8. The van der Waals surface area contributed by atoms with Gasteiger partial charge in [-0.1, -0.05) is 18.2 Å². The van der Waals surface area contributed by atoms with Crippen molar-refractivity contribution in [1.29, 1.82) is 0 Å². The van der Waals surface area contributed by atoms with Crippen molar-refractivity contribution < 1.29 is 18.0 Å². The monoisotopic (exact) mass is 456 g/mol. The molecule has 2 amide bonds. The first-order valence-corrected chi connectivity index (χ1v) is 12.4. The van der Waals surface area contributed by atoms with Gasteiger partial charge in [0.25, 0.3) is 15.9 Å². The van der Waals surface area contributed by atoms with Gasteiger partial charge in [0.1, 0.15) is 0 Å². The molecule has 2 aliphatic heterocycles. The quantitative estimate of drug-likeness (QED) is 0.691. The van der Waals surface area contributed by atoms with Crippen molar-refractivity contribution in [2.75, 3.05) is 24.4 Å². The van der Waals surface area contributed by atoms with E-state index in [2.05, 4.69) is 9.62 Å². The molecule has 2 aromatic carbocycles. The fourth-order valence-electron chi connectivity index (χ4n) is 4.61. The van der Waals surface area contributed by atoms with Crippen LogP contribution < -0.4 is 10.5 Å². The average molecular weight is 457 g/mol. The molecule has 170 valence electrons. The molecule has 1 atom stereocenters. The van der Waals surface area contributed by atoms with Crippen LogP contribution in [0.3, 0.4) is 0 Å². The fourth-order valence-corrected chi connectivity index (χ4v) is 5.67. The minimum Gasteiger partial charge on any atom is -0.368 e. The summed E-state index contributed by atoms with van der Waals surface area (Å²) >= 11 is 0. The number of benzene rings is 2. The number of primary amides is 1. The minimum atomic E-state index is -3.73. The van der Waals surface area contributed by atoms with Crippen molar-refractivity contribution in [3.8, 4) is 0 Å².